The zero-order chi connectivity index (χ0) is 19.3. The number of hydrogen-bond donors (Lipinski definition) is 1. The van der Waals surface area contributed by atoms with Crippen LogP contribution in [-0.2, 0) is 10.0 Å². The molecule has 0 fully saturated rings. The van der Waals surface area contributed by atoms with Gasteiger partial charge in [-0.25, -0.2) is 8.42 Å². The van der Waals surface area contributed by atoms with Crippen LogP contribution in [0, 0.1) is 0 Å². The molecule has 2 aromatic rings. The Kier molecular flexibility index (Phi) is 6.21. The molecule has 0 aliphatic carbocycles. The Morgan fingerprint density at radius 1 is 1.12 bits per heavy atom. The molecule has 0 aliphatic heterocycles. The van der Waals surface area contributed by atoms with Gasteiger partial charge in [0.05, 0.1) is 18.5 Å². The summed E-state index contributed by atoms with van der Waals surface area (Å²) in [5, 5.41) is 2.84. The fourth-order valence-corrected chi connectivity index (χ4v) is 3.36. The molecular weight excluding hydrogens is 348 g/mol. The highest BCUT2D eigenvalue weighted by atomic mass is 32.2. The van der Waals surface area contributed by atoms with Gasteiger partial charge in [-0.1, -0.05) is 32.1 Å². The molecule has 5 nitrogen and oxygen atoms in total. The van der Waals surface area contributed by atoms with Crippen molar-refractivity contribution in [2.45, 2.75) is 19.8 Å². The zero-order valence-corrected chi connectivity index (χ0v) is 16.1. The zero-order valence-electron chi connectivity index (χ0n) is 15.3. The van der Waals surface area contributed by atoms with Crippen LogP contribution in [0.5, 0.6) is 0 Å². The molecule has 1 N–H and O–H groups in total. The van der Waals surface area contributed by atoms with Crippen LogP contribution in [0.3, 0.4) is 0 Å². The third-order valence-corrected chi connectivity index (χ3v) is 5.11. The van der Waals surface area contributed by atoms with Gasteiger partial charge in [-0.3, -0.25) is 9.10 Å². The van der Waals surface area contributed by atoms with E-state index in [0.29, 0.717) is 22.9 Å². The molecule has 0 radical (unpaired) electrons. The summed E-state index contributed by atoms with van der Waals surface area (Å²) >= 11 is 0. The summed E-state index contributed by atoms with van der Waals surface area (Å²) in [7, 11) is -3.41. The highest BCUT2D eigenvalue weighted by molar-refractivity contribution is 7.92. The molecule has 2 rings (SSSR count). The molecule has 0 saturated carbocycles. The van der Waals surface area contributed by atoms with E-state index in [-0.39, 0.29) is 12.5 Å². The number of sulfonamides is 1. The van der Waals surface area contributed by atoms with Crippen LogP contribution in [0.15, 0.2) is 61.2 Å². The van der Waals surface area contributed by atoms with Gasteiger partial charge in [-0.2, -0.15) is 0 Å². The predicted octanol–water partition coefficient (Wildman–Crippen LogP) is 4.01. The minimum atomic E-state index is -3.41. The number of nitrogens with one attached hydrogen (secondary N) is 1. The van der Waals surface area contributed by atoms with Gasteiger partial charge in [0.2, 0.25) is 10.0 Å². The van der Waals surface area contributed by atoms with E-state index in [1.54, 1.807) is 24.3 Å². The Morgan fingerprint density at radius 3 is 2.15 bits per heavy atom. The predicted molar refractivity (Wildman–Crippen MR) is 107 cm³/mol. The first kappa shape index (κ1) is 19.7. The van der Waals surface area contributed by atoms with Crippen molar-refractivity contribution in [1.82, 2.24) is 0 Å². The minimum absolute atomic E-state index is 0.173. The van der Waals surface area contributed by atoms with E-state index in [9.17, 15) is 13.2 Å². The number of hydrogen-bond acceptors (Lipinski definition) is 3. The van der Waals surface area contributed by atoms with Crippen LogP contribution in [-0.4, -0.2) is 27.1 Å². The molecule has 0 bridgehead atoms. The van der Waals surface area contributed by atoms with Crippen LogP contribution < -0.4 is 9.62 Å². The van der Waals surface area contributed by atoms with Gasteiger partial charge >= 0.3 is 0 Å². The van der Waals surface area contributed by atoms with Crippen LogP contribution in [0.25, 0.3) is 0 Å². The molecule has 6 heteroatoms. The molecule has 138 valence electrons. The average molecular weight is 372 g/mol. The number of anilines is 2. The van der Waals surface area contributed by atoms with Gasteiger partial charge in [0, 0.05) is 11.3 Å². The summed E-state index contributed by atoms with van der Waals surface area (Å²) < 4.78 is 24.9. The van der Waals surface area contributed by atoms with Crippen molar-refractivity contribution in [2.24, 2.45) is 0 Å². The number of amides is 1. The second kappa shape index (κ2) is 8.19. The summed E-state index contributed by atoms with van der Waals surface area (Å²) in [5.74, 6) is 0.184. The lowest BCUT2D eigenvalue weighted by Gasteiger charge is -2.20. The van der Waals surface area contributed by atoms with Crippen molar-refractivity contribution in [3.05, 3.63) is 72.3 Å². The first-order chi connectivity index (χ1) is 12.2. The number of carbonyl (C=O) groups is 1. The third kappa shape index (κ3) is 4.95. The second-order valence-corrected chi connectivity index (χ2v) is 8.27. The molecule has 26 heavy (non-hydrogen) atoms. The van der Waals surface area contributed by atoms with E-state index in [4.69, 9.17) is 0 Å². The molecule has 0 atom stereocenters. The van der Waals surface area contributed by atoms with E-state index in [1.807, 2.05) is 24.3 Å². The van der Waals surface area contributed by atoms with E-state index in [0.717, 1.165) is 6.26 Å². The van der Waals surface area contributed by atoms with Gasteiger partial charge in [-0.15, -0.1) is 6.58 Å². The average Bonchev–Trinajstić information content (AvgIpc) is 2.59. The quantitative estimate of drug-likeness (QED) is 0.747. The summed E-state index contributed by atoms with van der Waals surface area (Å²) in [5.41, 5.74) is 2.86. The molecule has 2 aromatic carbocycles. The lowest BCUT2D eigenvalue weighted by Crippen LogP contribution is -2.29. The number of carbonyl (C=O) groups excluding carboxylic acids is 1. The van der Waals surface area contributed by atoms with Gasteiger partial charge < -0.3 is 5.32 Å². The summed E-state index contributed by atoms with van der Waals surface area (Å²) in [6.07, 6.45) is 2.65. The van der Waals surface area contributed by atoms with E-state index in [2.05, 4.69) is 25.7 Å². The number of nitrogens with zero attached hydrogens (tertiary/aromatic N) is 1. The van der Waals surface area contributed by atoms with E-state index >= 15 is 0 Å². The van der Waals surface area contributed by atoms with Crippen molar-refractivity contribution in [3.63, 3.8) is 0 Å². The molecule has 0 unspecified atom stereocenters. The lowest BCUT2D eigenvalue weighted by atomic mass is 10.0. The van der Waals surface area contributed by atoms with Crippen LogP contribution >= 0.6 is 0 Å². The molecule has 1 amide bonds. The Bertz CT molecular complexity index is 870. The molecule has 0 heterocycles. The highest BCUT2D eigenvalue weighted by Gasteiger charge is 2.16. The van der Waals surface area contributed by atoms with Gasteiger partial charge in [0.1, 0.15) is 0 Å². The van der Waals surface area contributed by atoms with Gasteiger partial charge in [-0.05, 0) is 47.9 Å². The first-order valence-corrected chi connectivity index (χ1v) is 10.2. The Hall–Kier alpha value is -2.60. The summed E-state index contributed by atoms with van der Waals surface area (Å²) in [6, 6.07) is 14.2. The van der Waals surface area contributed by atoms with Crippen LogP contribution in [0.2, 0.25) is 0 Å². The fourth-order valence-electron chi connectivity index (χ4n) is 2.48. The van der Waals surface area contributed by atoms with Crippen molar-refractivity contribution in [1.29, 1.82) is 0 Å². The van der Waals surface area contributed by atoms with Crippen molar-refractivity contribution < 1.29 is 13.2 Å². The minimum Gasteiger partial charge on any atom is -0.322 e. The van der Waals surface area contributed by atoms with Crippen molar-refractivity contribution in [2.75, 3.05) is 22.4 Å². The maximum absolute atomic E-state index is 12.4. The topological polar surface area (TPSA) is 66.5 Å². The standard InChI is InChI=1S/C20H24N2O3S/c1-5-14-22(26(4,24)25)19-12-8-17(9-13-19)20(23)21-18-10-6-16(7-11-18)15(2)3/h5-13,15H,1,14H2,2-4H3,(H,21,23). The van der Waals surface area contributed by atoms with Crippen LogP contribution in [0.1, 0.15) is 35.7 Å². The Labute approximate surface area is 155 Å². The van der Waals surface area contributed by atoms with Gasteiger partial charge in [0.15, 0.2) is 0 Å². The lowest BCUT2D eigenvalue weighted by molar-refractivity contribution is 0.102. The molecule has 0 saturated heterocycles. The van der Waals surface area contributed by atoms with Crippen molar-refractivity contribution >= 4 is 27.3 Å². The smallest absolute Gasteiger partial charge is 0.255 e. The van der Waals surface area contributed by atoms with E-state index < -0.39 is 10.0 Å². The number of benzene rings is 2. The van der Waals surface area contributed by atoms with Crippen LogP contribution in [0.4, 0.5) is 11.4 Å². The maximum atomic E-state index is 12.4. The Balaban J connectivity index is 2.14. The first-order valence-electron chi connectivity index (χ1n) is 8.32. The SMILES string of the molecule is C=CCN(c1ccc(C(=O)Nc2ccc(C(C)C)cc2)cc1)S(C)(=O)=O. The summed E-state index contributed by atoms with van der Waals surface area (Å²) in [6.45, 7) is 7.98. The molecular formula is C20H24N2O3S. The van der Waals surface area contributed by atoms with Gasteiger partial charge in [0.25, 0.3) is 5.91 Å². The highest BCUT2D eigenvalue weighted by Crippen LogP contribution is 2.20. The largest absolute Gasteiger partial charge is 0.322 e. The molecule has 0 aromatic heterocycles. The van der Waals surface area contributed by atoms with E-state index in [1.165, 1.54) is 15.9 Å². The van der Waals surface area contributed by atoms with Crippen molar-refractivity contribution in [3.8, 4) is 0 Å². The third-order valence-electron chi connectivity index (χ3n) is 3.95. The normalized spacial score (nSPS) is 11.2. The molecule has 0 aliphatic rings. The monoisotopic (exact) mass is 372 g/mol. The second-order valence-electron chi connectivity index (χ2n) is 6.36. The fraction of sp³-hybridized carbons (Fsp3) is 0.250. The molecule has 0 spiro atoms. The maximum Gasteiger partial charge on any atom is 0.255 e. The number of rotatable bonds is 7. The Morgan fingerprint density at radius 2 is 1.69 bits per heavy atom. The summed E-state index contributed by atoms with van der Waals surface area (Å²) in [4.78, 5) is 12.4.